The van der Waals surface area contributed by atoms with E-state index in [4.69, 9.17) is 9.47 Å². The van der Waals surface area contributed by atoms with Crippen LogP contribution in [0.1, 0.15) is 12.5 Å². The van der Waals surface area contributed by atoms with Crippen LogP contribution in [-0.2, 0) is 4.79 Å². The molecule has 2 unspecified atom stereocenters. The fraction of sp³-hybridized carbons (Fsp3) is 0.389. The molecular formula is C18H20N4O4. The largest absolute Gasteiger partial charge is 0.493 e. The summed E-state index contributed by atoms with van der Waals surface area (Å²) in [5, 5.41) is 22.8. The molecule has 0 amide bonds. The lowest BCUT2D eigenvalue weighted by atomic mass is 10.0. The third-order valence-corrected chi connectivity index (χ3v) is 4.54. The molecule has 0 aromatic heterocycles. The van der Waals surface area contributed by atoms with E-state index in [9.17, 15) is 15.2 Å². The lowest BCUT2D eigenvalue weighted by Gasteiger charge is -2.36. The van der Waals surface area contributed by atoms with E-state index < -0.39 is 18.1 Å². The van der Waals surface area contributed by atoms with Gasteiger partial charge in [-0.2, -0.15) is 5.26 Å². The van der Waals surface area contributed by atoms with Gasteiger partial charge in [0.15, 0.2) is 17.7 Å². The predicted molar refractivity (Wildman–Crippen MR) is 94.6 cm³/mol. The van der Waals surface area contributed by atoms with Gasteiger partial charge in [0.1, 0.15) is 11.6 Å². The van der Waals surface area contributed by atoms with Crippen molar-refractivity contribution in [2.45, 2.75) is 13.1 Å². The van der Waals surface area contributed by atoms with Gasteiger partial charge in [-0.25, -0.2) is 14.8 Å². The number of carboxylic acid groups (broad SMARTS) is 1. The van der Waals surface area contributed by atoms with Gasteiger partial charge in [0.2, 0.25) is 0 Å². The van der Waals surface area contributed by atoms with E-state index in [1.54, 1.807) is 26.4 Å². The molecule has 0 bridgehead atoms. The van der Waals surface area contributed by atoms with Crippen molar-refractivity contribution < 1.29 is 19.4 Å². The van der Waals surface area contributed by atoms with Crippen molar-refractivity contribution in [1.82, 2.24) is 10.0 Å². The van der Waals surface area contributed by atoms with Crippen molar-refractivity contribution in [3.63, 3.8) is 0 Å². The number of hydrazine groups is 1. The number of aliphatic carboxylic acids is 1. The zero-order valence-electron chi connectivity index (χ0n) is 14.8. The highest BCUT2D eigenvalue weighted by Gasteiger charge is 2.43. The van der Waals surface area contributed by atoms with E-state index in [0.717, 1.165) is 5.56 Å². The third-order valence-electron chi connectivity index (χ3n) is 4.54. The van der Waals surface area contributed by atoms with Gasteiger partial charge >= 0.3 is 5.97 Å². The molecular weight excluding hydrogens is 336 g/mol. The molecule has 2 aliphatic rings. The van der Waals surface area contributed by atoms with Crippen LogP contribution in [0.3, 0.4) is 0 Å². The molecule has 0 aliphatic carbocycles. The summed E-state index contributed by atoms with van der Waals surface area (Å²) in [6.07, 6.45) is 0.974. The maximum atomic E-state index is 11.6. The Bertz CT molecular complexity index is 827. The molecule has 2 aliphatic heterocycles. The number of benzene rings is 1. The molecule has 8 nitrogen and oxygen atoms in total. The molecule has 0 saturated carbocycles. The number of methoxy groups -OCH3 is 2. The Morgan fingerprint density at radius 3 is 2.69 bits per heavy atom. The zero-order chi connectivity index (χ0) is 18.8. The molecule has 3 rings (SSSR count). The topological polar surface area (TPSA) is 98.4 Å². The summed E-state index contributed by atoms with van der Waals surface area (Å²) in [6, 6.07) is 7.64. The Balaban J connectivity index is 2.13. The Kier molecular flexibility index (Phi) is 4.82. The van der Waals surface area contributed by atoms with Gasteiger partial charge in [-0.15, -0.1) is 0 Å². The summed E-state index contributed by atoms with van der Waals surface area (Å²) in [6.45, 7) is 3.16. The van der Waals surface area contributed by atoms with Crippen molar-refractivity contribution in [2.75, 3.05) is 27.3 Å². The molecule has 26 heavy (non-hydrogen) atoms. The smallest absolute Gasteiger partial charge is 0.354 e. The van der Waals surface area contributed by atoms with Gasteiger partial charge in [-0.3, -0.25) is 5.01 Å². The van der Waals surface area contributed by atoms with Crippen molar-refractivity contribution in [1.29, 1.82) is 5.26 Å². The van der Waals surface area contributed by atoms with Crippen LogP contribution < -0.4 is 9.47 Å². The van der Waals surface area contributed by atoms with Gasteiger partial charge in [-0.1, -0.05) is 6.92 Å². The highest BCUT2D eigenvalue weighted by Crippen LogP contribution is 2.38. The van der Waals surface area contributed by atoms with Gasteiger partial charge in [0.05, 0.1) is 26.0 Å². The van der Waals surface area contributed by atoms with Crippen LogP contribution >= 0.6 is 0 Å². The third kappa shape index (κ3) is 2.86. The molecule has 1 aromatic rings. The first-order chi connectivity index (χ1) is 12.5. The molecule has 2 heterocycles. The van der Waals surface area contributed by atoms with Crippen LogP contribution in [0.2, 0.25) is 0 Å². The quantitative estimate of drug-likeness (QED) is 0.855. The Morgan fingerprint density at radius 1 is 1.38 bits per heavy atom. The van der Waals surface area contributed by atoms with E-state index in [1.807, 2.05) is 23.0 Å². The molecule has 0 radical (unpaired) electrons. The SMILES string of the molecule is CCN1CC(C#N)C2N=C(C(=O)O)C=C(c3ccc(OC)c(OC)c3)N21. The van der Waals surface area contributed by atoms with Crippen molar-refractivity contribution >= 4 is 17.4 Å². The lowest BCUT2D eigenvalue weighted by Crippen LogP contribution is -2.42. The number of nitriles is 1. The average Bonchev–Trinajstić information content (AvgIpc) is 3.04. The number of nitrogens with zero attached hydrogens (tertiary/aromatic N) is 4. The van der Waals surface area contributed by atoms with Gasteiger partial charge < -0.3 is 14.6 Å². The number of rotatable bonds is 5. The number of carboxylic acids is 1. The molecule has 8 heteroatoms. The van der Waals surface area contributed by atoms with Crippen molar-refractivity contribution in [3.05, 3.63) is 29.8 Å². The molecule has 1 N–H and O–H groups in total. The van der Waals surface area contributed by atoms with E-state index in [-0.39, 0.29) is 5.71 Å². The van der Waals surface area contributed by atoms with Crippen LogP contribution in [0.4, 0.5) is 0 Å². The minimum Gasteiger partial charge on any atom is -0.493 e. The monoisotopic (exact) mass is 356 g/mol. The van der Waals surface area contributed by atoms with Gasteiger partial charge in [0.25, 0.3) is 0 Å². The van der Waals surface area contributed by atoms with Crippen LogP contribution in [0.15, 0.2) is 29.3 Å². The maximum Gasteiger partial charge on any atom is 0.354 e. The minimum atomic E-state index is -1.12. The highest BCUT2D eigenvalue weighted by molar-refractivity contribution is 6.41. The van der Waals surface area contributed by atoms with Crippen LogP contribution in [0.25, 0.3) is 5.70 Å². The van der Waals surface area contributed by atoms with Crippen LogP contribution in [0, 0.1) is 17.2 Å². The summed E-state index contributed by atoms with van der Waals surface area (Å²) in [5.74, 6) is -0.400. The van der Waals surface area contributed by atoms with Gasteiger partial charge in [0, 0.05) is 18.7 Å². The van der Waals surface area contributed by atoms with Crippen LogP contribution in [-0.4, -0.2) is 60.3 Å². The number of fused-ring (bicyclic) bond motifs is 1. The predicted octanol–water partition coefficient (Wildman–Crippen LogP) is 1.60. The normalized spacial score (nSPS) is 22.2. The molecule has 0 spiro atoms. The lowest BCUT2D eigenvalue weighted by molar-refractivity contribution is -0.129. The maximum absolute atomic E-state index is 11.6. The first kappa shape index (κ1) is 17.8. The summed E-state index contributed by atoms with van der Waals surface area (Å²) >= 11 is 0. The summed E-state index contributed by atoms with van der Waals surface area (Å²) < 4.78 is 10.6. The molecule has 1 aromatic carbocycles. The Morgan fingerprint density at radius 2 is 2.12 bits per heavy atom. The van der Waals surface area contributed by atoms with Crippen molar-refractivity contribution in [2.24, 2.45) is 10.9 Å². The van der Waals surface area contributed by atoms with E-state index in [1.165, 1.54) is 6.08 Å². The number of ether oxygens (including phenoxy) is 2. The summed E-state index contributed by atoms with van der Waals surface area (Å²) in [5.41, 5.74) is 1.37. The highest BCUT2D eigenvalue weighted by atomic mass is 16.5. The Labute approximate surface area is 151 Å². The second kappa shape index (κ2) is 7.06. The molecule has 136 valence electrons. The first-order valence-corrected chi connectivity index (χ1v) is 8.22. The summed E-state index contributed by atoms with van der Waals surface area (Å²) in [7, 11) is 3.10. The number of hydrogen-bond acceptors (Lipinski definition) is 7. The zero-order valence-corrected chi connectivity index (χ0v) is 14.8. The Hall–Kier alpha value is -3.05. The second-order valence-corrected chi connectivity index (χ2v) is 5.92. The molecule has 1 saturated heterocycles. The number of hydrogen-bond donors (Lipinski definition) is 1. The fourth-order valence-electron chi connectivity index (χ4n) is 3.28. The van der Waals surface area contributed by atoms with E-state index >= 15 is 0 Å². The molecule has 1 fully saturated rings. The standard InChI is InChI=1S/C18H20N4O4/c1-4-21-10-12(9-19)17-20-13(18(23)24)8-14(22(17)21)11-5-6-15(25-2)16(7-11)26-3/h5-8,12,17H,4,10H2,1-3H3,(H,23,24). The first-order valence-electron chi connectivity index (χ1n) is 8.22. The molecule has 2 atom stereocenters. The number of aliphatic imine (C=N–C) groups is 1. The van der Waals surface area contributed by atoms with Gasteiger partial charge in [-0.05, 0) is 24.3 Å². The number of carbonyl (C=O) groups is 1. The fourth-order valence-corrected chi connectivity index (χ4v) is 3.28. The summed E-state index contributed by atoms with van der Waals surface area (Å²) in [4.78, 5) is 15.8. The van der Waals surface area contributed by atoms with E-state index in [0.29, 0.717) is 30.3 Å². The van der Waals surface area contributed by atoms with Crippen molar-refractivity contribution in [3.8, 4) is 17.6 Å². The average molecular weight is 356 g/mol. The second-order valence-electron chi connectivity index (χ2n) is 5.92. The van der Waals surface area contributed by atoms with Crippen LogP contribution in [0.5, 0.6) is 11.5 Å². The van der Waals surface area contributed by atoms with E-state index in [2.05, 4.69) is 11.1 Å². The minimum absolute atomic E-state index is 0.0609.